The van der Waals surface area contributed by atoms with Crippen LogP contribution in [0.15, 0.2) is 54.6 Å². The van der Waals surface area contributed by atoms with E-state index in [9.17, 15) is 9.59 Å². The van der Waals surface area contributed by atoms with Gasteiger partial charge in [0.15, 0.2) is 0 Å². The second-order valence-electron chi connectivity index (χ2n) is 4.34. The largest absolute Gasteiger partial charge is 0.465 e. The topological polar surface area (TPSA) is 67.4 Å². The monoisotopic (exact) mass is 314 g/mol. The number of anilines is 1. The molecule has 0 aliphatic rings. The highest BCUT2D eigenvalue weighted by Crippen LogP contribution is 2.10. The lowest BCUT2D eigenvalue weighted by molar-refractivity contribution is 0.0601. The number of esters is 1. The second-order valence-corrected chi connectivity index (χ2v) is 4.75. The number of nitrogens with one attached hydrogen (secondary N) is 2. The van der Waals surface area contributed by atoms with E-state index in [0.29, 0.717) is 16.2 Å². The summed E-state index contributed by atoms with van der Waals surface area (Å²) >= 11 is 5.15. The lowest BCUT2D eigenvalue weighted by atomic mass is 10.2. The second kappa shape index (κ2) is 7.33. The molecule has 0 bridgehead atoms. The summed E-state index contributed by atoms with van der Waals surface area (Å²) in [5, 5.41) is 5.22. The number of benzene rings is 2. The minimum atomic E-state index is -0.445. The van der Waals surface area contributed by atoms with E-state index in [2.05, 4.69) is 15.4 Å². The zero-order chi connectivity index (χ0) is 15.9. The number of amides is 2. The SMILES string of the molecule is COC(=O)c1ccc(NC(=O)NC(=S)c2ccccc2)cc1. The molecule has 5 nitrogen and oxygen atoms in total. The van der Waals surface area contributed by atoms with Gasteiger partial charge in [0.1, 0.15) is 4.99 Å². The Bertz CT molecular complexity index is 684. The van der Waals surface area contributed by atoms with Crippen LogP contribution in [0.5, 0.6) is 0 Å². The van der Waals surface area contributed by atoms with Gasteiger partial charge in [-0.05, 0) is 24.3 Å². The molecule has 0 aliphatic carbocycles. The summed E-state index contributed by atoms with van der Waals surface area (Å²) in [5.74, 6) is -0.429. The molecule has 0 fully saturated rings. The van der Waals surface area contributed by atoms with Gasteiger partial charge < -0.3 is 10.1 Å². The Balaban J connectivity index is 1.95. The Hall–Kier alpha value is -2.73. The van der Waals surface area contributed by atoms with Gasteiger partial charge in [0.2, 0.25) is 0 Å². The third kappa shape index (κ3) is 4.13. The molecule has 2 amide bonds. The molecule has 0 unspecified atom stereocenters. The van der Waals surface area contributed by atoms with Crippen molar-refractivity contribution in [3.05, 3.63) is 65.7 Å². The third-order valence-electron chi connectivity index (χ3n) is 2.83. The smallest absolute Gasteiger partial charge is 0.337 e. The first-order chi connectivity index (χ1) is 10.6. The van der Waals surface area contributed by atoms with Crippen LogP contribution in [-0.4, -0.2) is 24.1 Å². The zero-order valence-electron chi connectivity index (χ0n) is 11.8. The van der Waals surface area contributed by atoms with E-state index in [0.717, 1.165) is 5.56 Å². The fourth-order valence-electron chi connectivity index (χ4n) is 1.73. The van der Waals surface area contributed by atoms with Crippen LogP contribution in [0.4, 0.5) is 10.5 Å². The summed E-state index contributed by atoms with van der Waals surface area (Å²) in [6, 6.07) is 15.1. The molecule has 0 heterocycles. The van der Waals surface area contributed by atoms with Gasteiger partial charge in [-0.25, -0.2) is 9.59 Å². The average Bonchev–Trinajstić information content (AvgIpc) is 2.55. The van der Waals surface area contributed by atoms with Gasteiger partial charge in [-0.3, -0.25) is 5.32 Å². The molecule has 2 aromatic rings. The normalized spacial score (nSPS) is 9.68. The summed E-state index contributed by atoms with van der Waals surface area (Å²) in [4.78, 5) is 23.5. The summed E-state index contributed by atoms with van der Waals surface area (Å²) in [7, 11) is 1.31. The molecule has 2 N–H and O–H groups in total. The number of ether oxygens (including phenoxy) is 1. The van der Waals surface area contributed by atoms with Crippen molar-refractivity contribution in [3.63, 3.8) is 0 Å². The van der Waals surface area contributed by atoms with Crippen LogP contribution in [0.25, 0.3) is 0 Å². The highest BCUT2D eigenvalue weighted by atomic mass is 32.1. The highest BCUT2D eigenvalue weighted by molar-refractivity contribution is 7.80. The van der Waals surface area contributed by atoms with Gasteiger partial charge in [-0.2, -0.15) is 0 Å². The predicted octanol–water partition coefficient (Wildman–Crippen LogP) is 2.97. The van der Waals surface area contributed by atoms with Crippen molar-refractivity contribution in [2.75, 3.05) is 12.4 Å². The van der Waals surface area contributed by atoms with Gasteiger partial charge in [-0.1, -0.05) is 42.5 Å². The van der Waals surface area contributed by atoms with Gasteiger partial charge in [-0.15, -0.1) is 0 Å². The molecule has 2 aromatic carbocycles. The number of carbonyl (C=O) groups is 2. The Morgan fingerprint density at radius 2 is 1.59 bits per heavy atom. The molecular weight excluding hydrogens is 300 g/mol. The lowest BCUT2D eigenvalue weighted by Crippen LogP contribution is -2.33. The summed E-state index contributed by atoms with van der Waals surface area (Å²) in [6.45, 7) is 0. The number of rotatable bonds is 3. The molecule has 0 aromatic heterocycles. The van der Waals surface area contributed by atoms with Crippen molar-refractivity contribution in [1.29, 1.82) is 0 Å². The summed E-state index contributed by atoms with van der Waals surface area (Å²) < 4.78 is 4.60. The van der Waals surface area contributed by atoms with Crippen LogP contribution in [0.1, 0.15) is 15.9 Å². The van der Waals surface area contributed by atoms with E-state index >= 15 is 0 Å². The van der Waals surface area contributed by atoms with E-state index in [1.807, 2.05) is 30.3 Å². The van der Waals surface area contributed by atoms with E-state index in [4.69, 9.17) is 12.2 Å². The molecule has 0 atom stereocenters. The van der Waals surface area contributed by atoms with Crippen LogP contribution in [0.2, 0.25) is 0 Å². The number of thiocarbonyl (C=S) groups is 1. The fourth-order valence-corrected chi connectivity index (χ4v) is 1.96. The standard InChI is InChI=1S/C16H14N2O3S/c1-21-15(19)12-7-9-13(10-8-12)17-16(20)18-14(22)11-5-3-2-4-6-11/h2-10H,1H3,(H2,17,18,20,22). The molecule has 0 aliphatic heterocycles. The van der Waals surface area contributed by atoms with Crippen molar-refractivity contribution in [2.45, 2.75) is 0 Å². The van der Waals surface area contributed by atoms with Crippen molar-refractivity contribution in [2.24, 2.45) is 0 Å². The van der Waals surface area contributed by atoms with Crippen molar-refractivity contribution < 1.29 is 14.3 Å². The molecule has 0 radical (unpaired) electrons. The fraction of sp³-hybridized carbons (Fsp3) is 0.0625. The Morgan fingerprint density at radius 1 is 0.955 bits per heavy atom. The molecule has 6 heteroatoms. The van der Waals surface area contributed by atoms with E-state index < -0.39 is 12.0 Å². The minimum Gasteiger partial charge on any atom is -0.465 e. The maximum absolute atomic E-state index is 11.9. The number of hydrogen-bond donors (Lipinski definition) is 2. The molecule has 2 rings (SSSR count). The van der Waals surface area contributed by atoms with Crippen LogP contribution in [-0.2, 0) is 4.74 Å². The molecule has 0 saturated heterocycles. The summed E-state index contributed by atoms with van der Waals surface area (Å²) in [5.41, 5.74) is 1.71. The van der Waals surface area contributed by atoms with E-state index in [1.54, 1.807) is 24.3 Å². The maximum atomic E-state index is 11.9. The highest BCUT2D eigenvalue weighted by Gasteiger charge is 2.08. The molecule has 112 valence electrons. The first-order valence-corrected chi connectivity index (χ1v) is 6.87. The van der Waals surface area contributed by atoms with Gasteiger partial charge in [0, 0.05) is 11.3 Å². The first kappa shape index (κ1) is 15.7. The maximum Gasteiger partial charge on any atom is 0.337 e. The van der Waals surface area contributed by atoms with Crippen LogP contribution < -0.4 is 10.6 Å². The quantitative estimate of drug-likeness (QED) is 0.675. The number of urea groups is 1. The van der Waals surface area contributed by atoms with Gasteiger partial charge in [0.05, 0.1) is 12.7 Å². The van der Waals surface area contributed by atoms with Gasteiger partial charge >= 0.3 is 12.0 Å². The van der Waals surface area contributed by atoms with Crippen molar-refractivity contribution in [1.82, 2.24) is 5.32 Å². The number of hydrogen-bond acceptors (Lipinski definition) is 4. The zero-order valence-corrected chi connectivity index (χ0v) is 12.6. The summed E-state index contributed by atoms with van der Waals surface area (Å²) in [6.07, 6.45) is 0. The number of methoxy groups -OCH3 is 1. The predicted molar refractivity (Wildman–Crippen MR) is 88.1 cm³/mol. The lowest BCUT2D eigenvalue weighted by Gasteiger charge is -2.09. The van der Waals surface area contributed by atoms with Crippen molar-refractivity contribution >= 4 is 34.9 Å². The first-order valence-electron chi connectivity index (χ1n) is 6.46. The van der Waals surface area contributed by atoms with Crippen LogP contribution in [0.3, 0.4) is 0 Å². The minimum absolute atomic E-state index is 0.337. The molecule has 22 heavy (non-hydrogen) atoms. The van der Waals surface area contributed by atoms with Crippen molar-refractivity contribution in [3.8, 4) is 0 Å². The van der Waals surface area contributed by atoms with Crippen LogP contribution >= 0.6 is 12.2 Å². The Labute approximate surface area is 133 Å². The Morgan fingerprint density at radius 3 is 2.18 bits per heavy atom. The molecule has 0 spiro atoms. The van der Waals surface area contributed by atoms with Gasteiger partial charge in [0.25, 0.3) is 0 Å². The molecular formula is C16H14N2O3S. The third-order valence-corrected chi connectivity index (χ3v) is 3.16. The van der Waals surface area contributed by atoms with E-state index in [-0.39, 0.29) is 0 Å². The number of carbonyl (C=O) groups excluding carboxylic acids is 2. The molecule has 0 saturated carbocycles. The van der Waals surface area contributed by atoms with E-state index in [1.165, 1.54) is 7.11 Å². The average molecular weight is 314 g/mol. The van der Waals surface area contributed by atoms with Crippen LogP contribution in [0, 0.1) is 0 Å². The Kier molecular flexibility index (Phi) is 5.21.